The Bertz CT molecular complexity index is 774. The summed E-state index contributed by atoms with van der Waals surface area (Å²) in [6.45, 7) is 1.61. The molecule has 116 valence electrons. The van der Waals surface area contributed by atoms with Crippen LogP contribution in [-0.2, 0) is 14.8 Å². The van der Waals surface area contributed by atoms with Crippen LogP contribution in [0.15, 0.2) is 57.9 Å². The standard InChI is InChI=1S/C15H15BrN2O3S/c1-11-6-8-12(9-7-11)18-15(19)10-17-22(20,21)14-5-3-2-4-13(14)16/h2-9,17H,10H2,1H3,(H,18,19). The maximum atomic E-state index is 12.1. The smallest absolute Gasteiger partial charge is 0.242 e. The van der Waals surface area contributed by atoms with E-state index in [2.05, 4.69) is 26.0 Å². The summed E-state index contributed by atoms with van der Waals surface area (Å²) >= 11 is 3.18. The average molecular weight is 383 g/mol. The van der Waals surface area contributed by atoms with Crippen molar-refractivity contribution >= 4 is 37.5 Å². The highest BCUT2D eigenvalue weighted by atomic mass is 79.9. The van der Waals surface area contributed by atoms with Crippen LogP contribution in [0.4, 0.5) is 5.69 Å². The number of sulfonamides is 1. The SMILES string of the molecule is Cc1ccc(NC(=O)CNS(=O)(=O)c2ccccc2Br)cc1. The lowest BCUT2D eigenvalue weighted by Crippen LogP contribution is -2.33. The Kier molecular flexibility index (Phi) is 5.33. The Morgan fingerprint density at radius 2 is 1.73 bits per heavy atom. The highest BCUT2D eigenvalue weighted by Gasteiger charge is 2.18. The number of carbonyl (C=O) groups is 1. The monoisotopic (exact) mass is 382 g/mol. The van der Waals surface area contributed by atoms with Crippen molar-refractivity contribution in [2.45, 2.75) is 11.8 Å². The zero-order valence-electron chi connectivity index (χ0n) is 11.8. The Morgan fingerprint density at radius 1 is 1.09 bits per heavy atom. The van der Waals surface area contributed by atoms with E-state index in [-0.39, 0.29) is 11.4 Å². The molecule has 2 aromatic carbocycles. The van der Waals surface area contributed by atoms with Crippen molar-refractivity contribution in [3.63, 3.8) is 0 Å². The molecule has 2 N–H and O–H groups in total. The summed E-state index contributed by atoms with van der Waals surface area (Å²) in [5.41, 5.74) is 1.70. The minimum Gasteiger partial charge on any atom is -0.325 e. The topological polar surface area (TPSA) is 75.3 Å². The van der Waals surface area contributed by atoms with E-state index in [1.807, 2.05) is 19.1 Å². The van der Waals surface area contributed by atoms with Gasteiger partial charge in [-0.25, -0.2) is 13.1 Å². The summed E-state index contributed by atoms with van der Waals surface area (Å²) in [5.74, 6) is -0.431. The predicted octanol–water partition coefficient (Wildman–Crippen LogP) is 2.67. The molecule has 0 spiro atoms. The number of halogens is 1. The number of aryl methyl sites for hydroxylation is 1. The fourth-order valence-corrected chi connectivity index (χ4v) is 3.73. The molecule has 0 saturated carbocycles. The second-order valence-corrected chi connectivity index (χ2v) is 7.26. The van der Waals surface area contributed by atoms with Crippen LogP contribution < -0.4 is 10.0 Å². The maximum Gasteiger partial charge on any atom is 0.242 e. The van der Waals surface area contributed by atoms with E-state index in [1.165, 1.54) is 6.07 Å². The molecule has 1 amide bonds. The molecule has 2 aromatic rings. The lowest BCUT2D eigenvalue weighted by atomic mass is 10.2. The molecule has 2 rings (SSSR count). The predicted molar refractivity (Wildman–Crippen MR) is 89.1 cm³/mol. The van der Waals surface area contributed by atoms with Crippen molar-refractivity contribution in [2.24, 2.45) is 0 Å². The van der Waals surface area contributed by atoms with Crippen molar-refractivity contribution in [2.75, 3.05) is 11.9 Å². The summed E-state index contributed by atoms with van der Waals surface area (Å²) in [6, 6.07) is 13.7. The summed E-state index contributed by atoms with van der Waals surface area (Å²) < 4.78 is 27.0. The number of rotatable bonds is 5. The first-order valence-electron chi connectivity index (χ1n) is 6.49. The molecule has 0 aliphatic rings. The molecule has 0 aromatic heterocycles. The first-order chi connectivity index (χ1) is 10.4. The van der Waals surface area contributed by atoms with Gasteiger partial charge in [0.05, 0.1) is 11.4 Å². The molecule has 22 heavy (non-hydrogen) atoms. The molecule has 0 fully saturated rings. The summed E-state index contributed by atoms with van der Waals surface area (Å²) in [7, 11) is -3.74. The van der Waals surface area contributed by atoms with Crippen LogP contribution >= 0.6 is 15.9 Å². The fourth-order valence-electron chi connectivity index (χ4n) is 1.74. The van der Waals surface area contributed by atoms with Crippen molar-refractivity contribution in [3.8, 4) is 0 Å². The van der Waals surface area contributed by atoms with Crippen LogP contribution in [0.3, 0.4) is 0 Å². The van der Waals surface area contributed by atoms with Crippen LogP contribution in [-0.4, -0.2) is 20.9 Å². The van der Waals surface area contributed by atoms with Crippen LogP contribution in [0.5, 0.6) is 0 Å². The lowest BCUT2D eigenvalue weighted by molar-refractivity contribution is -0.115. The molecule has 0 aliphatic carbocycles. The van der Waals surface area contributed by atoms with E-state index in [0.717, 1.165) is 5.56 Å². The molecule has 0 saturated heterocycles. The number of amides is 1. The second kappa shape index (κ2) is 7.04. The molecule has 0 atom stereocenters. The number of carbonyl (C=O) groups excluding carboxylic acids is 1. The van der Waals surface area contributed by atoms with Crippen molar-refractivity contribution in [3.05, 3.63) is 58.6 Å². The lowest BCUT2D eigenvalue weighted by Gasteiger charge is -2.09. The molecule has 0 aliphatic heterocycles. The van der Waals surface area contributed by atoms with Gasteiger partial charge in [0.15, 0.2) is 0 Å². The fraction of sp³-hybridized carbons (Fsp3) is 0.133. The number of hydrogen-bond acceptors (Lipinski definition) is 3. The zero-order valence-corrected chi connectivity index (χ0v) is 14.2. The Morgan fingerprint density at radius 3 is 2.36 bits per heavy atom. The van der Waals surface area contributed by atoms with Gasteiger partial charge in [0, 0.05) is 10.2 Å². The average Bonchev–Trinajstić information content (AvgIpc) is 2.48. The highest BCUT2D eigenvalue weighted by molar-refractivity contribution is 9.10. The van der Waals surface area contributed by atoms with Gasteiger partial charge >= 0.3 is 0 Å². The molecule has 0 bridgehead atoms. The van der Waals surface area contributed by atoms with Gasteiger partial charge in [0.1, 0.15) is 0 Å². The van der Waals surface area contributed by atoms with E-state index >= 15 is 0 Å². The molecular weight excluding hydrogens is 368 g/mol. The number of benzene rings is 2. The summed E-state index contributed by atoms with van der Waals surface area (Å²) in [4.78, 5) is 11.9. The maximum absolute atomic E-state index is 12.1. The molecule has 0 radical (unpaired) electrons. The molecule has 0 heterocycles. The van der Waals surface area contributed by atoms with Gasteiger partial charge in [-0.3, -0.25) is 4.79 Å². The van der Waals surface area contributed by atoms with Crippen molar-refractivity contribution in [1.29, 1.82) is 0 Å². The Hall–Kier alpha value is -1.70. The van der Waals surface area contributed by atoms with Gasteiger partial charge in [0.25, 0.3) is 0 Å². The Balaban J connectivity index is 1.98. The largest absolute Gasteiger partial charge is 0.325 e. The van der Waals surface area contributed by atoms with Gasteiger partial charge < -0.3 is 5.32 Å². The second-order valence-electron chi connectivity index (χ2n) is 4.67. The first-order valence-corrected chi connectivity index (χ1v) is 8.77. The molecule has 0 unspecified atom stereocenters. The number of nitrogens with one attached hydrogen (secondary N) is 2. The third-order valence-electron chi connectivity index (χ3n) is 2.88. The third-order valence-corrected chi connectivity index (χ3v) is 5.30. The van der Waals surface area contributed by atoms with Gasteiger partial charge in [0.2, 0.25) is 15.9 Å². The van der Waals surface area contributed by atoms with Gasteiger partial charge in [-0.2, -0.15) is 0 Å². The minimum atomic E-state index is -3.74. The van der Waals surface area contributed by atoms with Crippen LogP contribution in [0.2, 0.25) is 0 Å². The van der Waals surface area contributed by atoms with E-state index in [0.29, 0.717) is 10.2 Å². The van der Waals surface area contributed by atoms with E-state index < -0.39 is 15.9 Å². The highest BCUT2D eigenvalue weighted by Crippen LogP contribution is 2.20. The normalized spacial score (nSPS) is 11.2. The number of anilines is 1. The molecule has 7 heteroatoms. The van der Waals surface area contributed by atoms with E-state index in [4.69, 9.17) is 0 Å². The van der Waals surface area contributed by atoms with E-state index in [1.54, 1.807) is 30.3 Å². The molecule has 5 nitrogen and oxygen atoms in total. The molecular formula is C15H15BrN2O3S. The summed E-state index contributed by atoms with van der Waals surface area (Å²) in [6.07, 6.45) is 0. The van der Waals surface area contributed by atoms with E-state index in [9.17, 15) is 13.2 Å². The van der Waals surface area contributed by atoms with Gasteiger partial charge in [-0.1, -0.05) is 29.8 Å². The third kappa shape index (κ3) is 4.40. The van der Waals surface area contributed by atoms with Crippen molar-refractivity contribution < 1.29 is 13.2 Å². The Labute approximate surface area is 137 Å². The first kappa shape index (κ1) is 16.7. The van der Waals surface area contributed by atoms with Gasteiger partial charge in [-0.15, -0.1) is 0 Å². The van der Waals surface area contributed by atoms with Crippen LogP contribution in [0.1, 0.15) is 5.56 Å². The van der Waals surface area contributed by atoms with Crippen molar-refractivity contribution in [1.82, 2.24) is 4.72 Å². The van der Waals surface area contributed by atoms with Gasteiger partial charge in [-0.05, 0) is 47.1 Å². The minimum absolute atomic E-state index is 0.0955. The van der Waals surface area contributed by atoms with Crippen LogP contribution in [0.25, 0.3) is 0 Å². The quantitative estimate of drug-likeness (QED) is 0.834. The number of hydrogen-bond donors (Lipinski definition) is 2. The zero-order chi connectivity index (χ0) is 16.2. The van der Waals surface area contributed by atoms with Crippen LogP contribution in [0, 0.1) is 6.92 Å². The summed E-state index contributed by atoms with van der Waals surface area (Å²) in [5, 5.41) is 2.63.